The number of anilines is 1. The Morgan fingerprint density at radius 3 is 2.57 bits per heavy atom. The van der Waals surface area contributed by atoms with Crippen LogP contribution >= 0.6 is 0 Å². The summed E-state index contributed by atoms with van der Waals surface area (Å²) in [4.78, 5) is 22.7. The average Bonchev–Trinajstić information content (AvgIpc) is 2.46. The summed E-state index contributed by atoms with van der Waals surface area (Å²) in [6.07, 6.45) is 5.00. The molecule has 0 spiro atoms. The molecule has 5 heteroatoms. The highest BCUT2D eigenvalue weighted by molar-refractivity contribution is 5.95. The molecule has 0 heterocycles. The summed E-state index contributed by atoms with van der Waals surface area (Å²) in [5.41, 5.74) is 0.580. The van der Waals surface area contributed by atoms with Crippen molar-refractivity contribution in [3.8, 4) is 12.3 Å². The van der Waals surface area contributed by atoms with E-state index < -0.39 is 18.0 Å². The molecule has 2 aromatic carbocycles. The Labute approximate surface area is 122 Å². The van der Waals surface area contributed by atoms with Gasteiger partial charge in [0.05, 0.1) is 0 Å². The van der Waals surface area contributed by atoms with Crippen LogP contribution in [-0.4, -0.2) is 23.1 Å². The minimum Gasteiger partial charge on any atom is -0.480 e. The number of hydrogen-bond acceptors (Lipinski definition) is 2. The van der Waals surface area contributed by atoms with Gasteiger partial charge in [0.1, 0.15) is 6.04 Å². The van der Waals surface area contributed by atoms with Crippen molar-refractivity contribution < 1.29 is 14.7 Å². The van der Waals surface area contributed by atoms with Gasteiger partial charge in [0, 0.05) is 12.1 Å². The predicted molar refractivity (Wildman–Crippen MR) is 81.0 cm³/mol. The number of nitrogens with one attached hydrogen (secondary N) is 2. The smallest absolute Gasteiger partial charge is 0.327 e. The van der Waals surface area contributed by atoms with E-state index >= 15 is 0 Å². The lowest BCUT2D eigenvalue weighted by atomic mass is 10.1. The predicted octanol–water partition coefficient (Wildman–Crippen LogP) is 2.44. The number of aliphatic carboxylic acids is 1. The molecular weight excluding hydrogens is 268 g/mol. The maximum atomic E-state index is 11.8. The second-order valence-electron chi connectivity index (χ2n) is 4.46. The molecule has 21 heavy (non-hydrogen) atoms. The number of urea groups is 1. The Morgan fingerprint density at radius 1 is 1.19 bits per heavy atom. The zero-order chi connectivity index (χ0) is 15.2. The molecule has 0 aliphatic carbocycles. The largest absolute Gasteiger partial charge is 0.480 e. The van der Waals surface area contributed by atoms with Crippen molar-refractivity contribution in [3.63, 3.8) is 0 Å². The van der Waals surface area contributed by atoms with Gasteiger partial charge in [0.25, 0.3) is 0 Å². The fourth-order valence-corrected chi connectivity index (χ4v) is 1.91. The maximum Gasteiger partial charge on any atom is 0.327 e. The highest BCUT2D eigenvalue weighted by atomic mass is 16.4. The van der Waals surface area contributed by atoms with E-state index in [4.69, 9.17) is 11.5 Å². The van der Waals surface area contributed by atoms with Gasteiger partial charge in [-0.05, 0) is 22.9 Å². The van der Waals surface area contributed by atoms with Crippen molar-refractivity contribution in [2.45, 2.75) is 12.5 Å². The van der Waals surface area contributed by atoms with Gasteiger partial charge in [-0.2, -0.15) is 0 Å². The summed E-state index contributed by atoms with van der Waals surface area (Å²) in [7, 11) is 0. The fraction of sp³-hybridized carbons (Fsp3) is 0.125. The number of amides is 2. The standard InChI is InChI=1S/C16H14N2O3/c1-2-5-14(15(19)20)18-16(21)17-13-9-8-11-6-3-4-7-12(11)10-13/h1,3-4,6-10,14H,5H2,(H,19,20)(H2,17,18,21). The van der Waals surface area contributed by atoms with E-state index in [1.165, 1.54) is 0 Å². The Kier molecular flexibility index (Phi) is 4.42. The van der Waals surface area contributed by atoms with Crippen LogP contribution < -0.4 is 10.6 Å². The molecule has 2 amide bonds. The summed E-state index contributed by atoms with van der Waals surface area (Å²) >= 11 is 0. The van der Waals surface area contributed by atoms with Crippen LogP contribution in [0, 0.1) is 12.3 Å². The zero-order valence-electron chi connectivity index (χ0n) is 11.2. The van der Waals surface area contributed by atoms with Crippen LogP contribution in [0.4, 0.5) is 10.5 Å². The first-order chi connectivity index (χ1) is 10.1. The topological polar surface area (TPSA) is 78.4 Å². The number of carbonyl (C=O) groups is 2. The van der Waals surface area contributed by atoms with E-state index in [9.17, 15) is 9.59 Å². The quantitative estimate of drug-likeness (QED) is 0.754. The van der Waals surface area contributed by atoms with Gasteiger partial charge < -0.3 is 15.7 Å². The highest BCUT2D eigenvalue weighted by Crippen LogP contribution is 2.18. The van der Waals surface area contributed by atoms with Gasteiger partial charge in [0.15, 0.2) is 0 Å². The Hall–Kier alpha value is -3.00. The molecule has 0 saturated carbocycles. The lowest BCUT2D eigenvalue weighted by Crippen LogP contribution is -2.42. The summed E-state index contributed by atoms with van der Waals surface area (Å²) in [6.45, 7) is 0. The van der Waals surface area contributed by atoms with Crippen LogP contribution in [0.2, 0.25) is 0 Å². The zero-order valence-corrected chi connectivity index (χ0v) is 11.2. The van der Waals surface area contributed by atoms with Crippen LogP contribution in [0.5, 0.6) is 0 Å². The third-order valence-corrected chi connectivity index (χ3v) is 2.93. The maximum absolute atomic E-state index is 11.8. The molecular formula is C16H14N2O3. The third kappa shape index (κ3) is 3.74. The molecule has 2 aromatic rings. The van der Waals surface area contributed by atoms with Gasteiger partial charge >= 0.3 is 12.0 Å². The Balaban J connectivity index is 2.07. The van der Waals surface area contributed by atoms with E-state index in [1.54, 1.807) is 6.07 Å². The number of carboxylic acids is 1. The van der Waals surface area contributed by atoms with Gasteiger partial charge in [-0.3, -0.25) is 0 Å². The molecule has 0 aliphatic rings. The van der Waals surface area contributed by atoms with E-state index in [1.807, 2.05) is 36.4 Å². The van der Waals surface area contributed by atoms with Crippen molar-refractivity contribution >= 4 is 28.5 Å². The molecule has 106 valence electrons. The highest BCUT2D eigenvalue weighted by Gasteiger charge is 2.18. The monoisotopic (exact) mass is 282 g/mol. The minimum atomic E-state index is -1.17. The van der Waals surface area contributed by atoms with E-state index in [0.717, 1.165) is 10.8 Å². The minimum absolute atomic E-state index is 0.0690. The molecule has 1 unspecified atom stereocenters. The molecule has 0 bridgehead atoms. The molecule has 1 atom stereocenters. The van der Waals surface area contributed by atoms with Crippen LogP contribution in [0.3, 0.4) is 0 Å². The van der Waals surface area contributed by atoms with E-state index in [2.05, 4.69) is 16.6 Å². The normalized spacial score (nSPS) is 11.4. The number of fused-ring (bicyclic) bond motifs is 1. The third-order valence-electron chi connectivity index (χ3n) is 2.93. The number of benzene rings is 2. The second kappa shape index (κ2) is 6.44. The van der Waals surface area contributed by atoms with Crippen molar-refractivity contribution in [3.05, 3.63) is 42.5 Å². The van der Waals surface area contributed by atoms with Crippen molar-refractivity contribution in [1.29, 1.82) is 0 Å². The molecule has 0 aliphatic heterocycles. The van der Waals surface area contributed by atoms with Crippen molar-refractivity contribution in [1.82, 2.24) is 5.32 Å². The Bertz CT molecular complexity index is 719. The number of carbonyl (C=O) groups excluding carboxylic acids is 1. The van der Waals surface area contributed by atoms with Crippen LogP contribution in [-0.2, 0) is 4.79 Å². The van der Waals surface area contributed by atoms with Gasteiger partial charge in [0.2, 0.25) is 0 Å². The lowest BCUT2D eigenvalue weighted by molar-refractivity contribution is -0.139. The van der Waals surface area contributed by atoms with Crippen LogP contribution in [0.25, 0.3) is 10.8 Å². The van der Waals surface area contributed by atoms with Gasteiger partial charge in [-0.1, -0.05) is 30.3 Å². The SMILES string of the molecule is C#CCC(NC(=O)Nc1ccc2ccccc2c1)C(=O)O. The van der Waals surface area contributed by atoms with Gasteiger partial charge in [-0.25, -0.2) is 9.59 Å². The number of carboxylic acid groups (broad SMARTS) is 1. The Morgan fingerprint density at radius 2 is 1.90 bits per heavy atom. The number of rotatable bonds is 4. The molecule has 0 radical (unpaired) electrons. The fourth-order valence-electron chi connectivity index (χ4n) is 1.91. The van der Waals surface area contributed by atoms with E-state index in [0.29, 0.717) is 5.69 Å². The van der Waals surface area contributed by atoms with E-state index in [-0.39, 0.29) is 6.42 Å². The summed E-state index contributed by atoms with van der Waals surface area (Å²) < 4.78 is 0. The number of terminal acetylenes is 1. The van der Waals surface area contributed by atoms with Crippen LogP contribution in [0.15, 0.2) is 42.5 Å². The first-order valence-corrected chi connectivity index (χ1v) is 6.33. The molecule has 3 N–H and O–H groups in total. The second-order valence-corrected chi connectivity index (χ2v) is 4.46. The van der Waals surface area contributed by atoms with Gasteiger partial charge in [-0.15, -0.1) is 12.3 Å². The molecule has 0 saturated heterocycles. The van der Waals surface area contributed by atoms with Crippen molar-refractivity contribution in [2.24, 2.45) is 0 Å². The summed E-state index contributed by atoms with van der Waals surface area (Å²) in [6, 6.07) is 11.5. The first kappa shape index (κ1) is 14.4. The summed E-state index contributed by atoms with van der Waals surface area (Å²) in [5.74, 6) is 1.05. The molecule has 5 nitrogen and oxygen atoms in total. The van der Waals surface area contributed by atoms with Crippen LogP contribution in [0.1, 0.15) is 6.42 Å². The lowest BCUT2D eigenvalue weighted by Gasteiger charge is -2.13. The summed E-state index contributed by atoms with van der Waals surface area (Å²) in [5, 5.41) is 15.9. The molecule has 0 fully saturated rings. The molecule has 2 rings (SSSR count). The number of hydrogen-bond donors (Lipinski definition) is 3. The molecule has 0 aromatic heterocycles. The first-order valence-electron chi connectivity index (χ1n) is 6.33. The van der Waals surface area contributed by atoms with Crippen molar-refractivity contribution in [2.75, 3.05) is 5.32 Å². The average molecular weight is 282 g/mol.